The van der Waals surface area contributed by atoms with Crippen molar-refractivity contribution in [2.75, 3.05) is 75.8 Å². The molecule has 15 nitrogen and oxygen atoms in total. The van der Waals surface area contributed by atoms with Crippen LogP contribution in [0.3, 0.4) is 0 Å². The number of quaternary nitrogens is 1. The van der Waals surface area contributed by atoms with Gasteiger partial charge in [-0.05, 0) is 110 Å². The summed E-state index contributed by atoms with van der Waals surface area (Å²) in [4.78, 5) is 76.4. The van der Waals surface area contributed by atoms with E-state index in [0.717, 1.165) is 22.3 Å². The fourth-order valence-corrected chi connectivity index (χ4v) is 6.93. The lowest BCUT2D eigenvalue weighted by molar-refractivity contribution is -0.870. The fraction of sp³-hybridized carbons (Fsp3) is 0.255. The zero-order valence-electron chi connectivity index (χ0n) is 36.3. The van der Waals surface area contributed by atoms with E-state index in [1.807, 2.05) is 71.4 Å². The van der Waals surface area contributed by atoms with E-state index in [1.165, 1.54) is 25.1 Å². The summed E-state index contributed by atoms with van der Waals surface area (Å²) >= 11 is 0. The smallest absolute Gasteiger partial charge is 0.338 e. The van der Waals surface area contributed by atoms with Crippen molar-refractivity contribution in [1.82, 2.24) is 0 Å². The normalized spacial score (nSPS) is 12.1. The molecule has 4 N–H and O–H groups in total. The number of esters is 1. The van der Waals surface area contributed by atoms with E-state index in [4.69, 9.17) is 13.8 Å². The van der Waals surface area contributed by atoms with Crippen LogP contribution >= 0.6 is 7.82 Å². The van der Waals surface area contributed by atoms with Crippen molar-refractivity contribution >= 4 is 60.0 Å². The lowest BCUT2D eigenvalue weighted by Gasteiger charge is -2.27. The highest BCUT2D eigenvalue weighted by Crippen LogP contribution is 2.38. The molecule has 0 aliphatic carbocycles. The van der Waals surface area contributed by atoms with Crippen LogP contribution in [0.1, 0.15) is 81.0 Å². The number of anilines is 4. The van der Waals surface area contributed by atoms with Crippen LogP contribution in [-0.2, 0) is 24.8 Å². The van der Waals surface area contributed by atoms with Crippen LogP contribution in [-0.4, -0.2) is 88.5 Å². The number of rotatable bonds is 19. The van der Waals surface area contributed by atoms with E-state index in [-0.39, 0.29) is 47.3 Å². The van der Waals surface area contributed by atoms with Gasteiger partial charge in [-0.1, -0.05) is 42.5 Å². The molecule has 0 radical (unpaired) electrons. The number of carbonyl (C=O) groups is 5. The summed E-state index contributed by atoms with van der Waals surface area (Å²) < 4.78 is 27.4. The summed E-state index contributed by atoms with van der Waals surface area (Å²) in [5, 5.41) is 11.5. The third-order valence-electron chi connectivity index (χ3n) is 9.70. The molecule has 0 saturated carbocycles. The second kappa shape index (κ2) is 21.1. The molecule has 0 aliphatic rings. The molecule has 16 heteroatoms. The van der Waals surface area contributed by atoms with E-state index in [9.17, 15) is 33.4 Å². The number of aryl methyl sites for hydroxylation is 2. The highest BCUT2D eigenvalue weighted by atomic mass is 31.2. The highest BCUT2D eigenvalue weighted by Gasteiger charge is 2.18. The van der Waals surface area contributed by atoms with Gasteiger partial charge in [0, 0.05) is 52.1 Å². The molecular weight excluding hydrogens is 826 g/mol. The topological polar surface area (TPSA) is 201 Å². The van der Waals surface area contributed by atoms with Crippen LogP contribution in [0.2, 0.25) is 0 Å². The summed E-state index contributed by atoms with van der Waals surface area (Å²) in [5.41, 5.74) is 7.16. The second-order valence-corrected chi connectivity index (χ2v) is 17.3. The van der Waals surface area contributed by atoms with E-state index in [0.29, 0.717) is 45.6 Å². The number of ketones is 1. The highest BCUT2D eigenvalue weighted by molar-refractivity contribution is 7.45. The van der Waals surface area contributed by atoms with Crippen molar-refractivity contribution in [2.45, 2.75) is 27.2 Å². The first-order valence-corrected chi connectivity index (χ1v) is 21.5. The number of amides is 3. The Labute approximate surface area is 367 Å². The van der Waals surface area contributed by atoms with Crippen LogP contribution in [0.5, 0.6) is 0 Å². The Balaban J connectivity index is 1.15. The minimum absolute atomic E-state index is 0.0598. The maximum Gasteiger partial charge on any atom is 0.338 e. The maximum atomic E-state index is 13.4. The molecule has 5 aromatic rings. The standard InChI is InChI=1S/C47H52N5O10P/c1-30-22-33(14-16-42(30)50-45(55)36-11-8-10-35(25-36)32(3)53)24-34-15-17-43(31(2)23-34)51-46(56)38-13-9-12-37(26-38)44(54)49-41-28-39(27-40(29-41)48-4)47(57)60-20-21-62-63(58,59)61-19-18-52(5,6)7/h8-17,22-23,25-29,48H,18-21,24H2,1-7H3,(H3-,49,50,51,54,55,56,58,59). The molecule has 5 aromatic carbocycles. The lowest BCUT2D eigenvalue weighted by atomic mass is 10.00. The Morgan fingerprint density at radius 2 is 1.10 bits per heavy atom. The van der Waals surface area contributed by atoms with Gasteiger partial charge in [-0.2, -0.15) is 0 Å². The van der Waals surface area contributed by atoms with Gasteiger partial charge in [0.2, 0.25) is 0 Å². The van der Waals surface area contributed by atoms with Crippen molar-refractivity contribution in [3.05, 3.63) is 153 Å². The van der Waals surface area contributed by atoms with E-state index in [1.54, 1.807) is 55.6 Å². The predicted octanol–water partition coefficient (Wildman–Crippen LogP) is 7.26. The third kappa shape index (κ3) is 14.3. The maximum absolute atomic E-state index is 13.4. The van der Waals surface area contributed by atoms with Gasteiger partial charge in [-0.3, -0.25) is 23.7 Å². The second-order valence-electron chi connectivity index (χ2n) is 15.9. The van der Waals surface area contributed by atoms with Crippen LogP contribution in [0, 0.1) is 13.8 Å². The molecule has 0 aromatic heterocycles. The number of Topliss-reactive ketones (excluding diaryl/α,β-unsaturated/α-hetero) is 1. The molecule has 0 spiro atoms. The first kappa shape index (κ1) is 47.6. The Kier molecular flexibility index (Phi) is 15.9. The van der Waals surface area contributed by atoms with Crippen LogP contribution < -0.4 is 26.2 Å². The third-order valence-corrected chi connectivity index (χ3v) is 10.7. The van der Waals surface area contributed by atoms with Crippen molar-refractivity contribution in [3.63, 3.8) is 0 Å². The first-order chi connectivity index (χ1) is 29.8. The fourth-order valence-electron chi connectivity index (χ4n) is 6.25. The number of hydrogen-bond donors (Lipinski definition) is 4. The van der Waals surface area contributed by atoms with Crippen molar-refractivity contribution in [3.8, 4) is 0 Å². The molecule has 0 heterocycles. The summed E-state index contributed by atoms with van der Waals surface area (Å²) in [6, 6.07) is 28.9. The van der Waals surface area contributed by atoms with Gasteiger partial charge in [0.15, 0.2) is 5.78 Å². The Morgan fingerprint density at radius 1 is 0.603 bits per heavy atom. The Morgan fingerprint density at radius 3 is 1.60 bits per heavy atom. The van der Waals surface area contributed by atoms with Gasteiger partial charge in [0.1, 0.15) is 19.8 Å². The van der Waals surface area contributed by atoms with Gasteiger partial charge >= 0.3 is 5.97 Å². The van der Waals surface area contributed by atoms with Crippen LogP contribution in [0.15, 0.2) is 103 Å². The van der Waals surface area contributed by atoms with Gasteiger partial charge in [0.05, 0.1) is 33.3 Å². The summed E-state index contributed by atoms with van der Waals surface area (Å²) in [6.45, 7) is 4.83. The SMILES string of the molecule is CNc1cc(NC(=O)c2cccc(C(=O)Nc3ccc(Cc4ccc(NC(=O)c5cccc(C(C)=O)c5)c(C)c4)cc3C)c2)cc(C(=O)OCCOP(=O)([O-])OCC[N+](C)(C)C)c1. The average Bonchev–Trinajstić information content (AvgIpc) is 3.23. The molecule has 330 valence electrons. The number of benzene rings is 5. The Bertz CT molecular complexity index is 2570. The number of phosphoric acid groups is 1. The number of carbonyl (C=O) groups excluding carboxylic acids is 5. The average molecular weight is 878 g/mol. The quantitative estimate of drug-likeness (QED) is 0.0214. The van der Waals surface area contributed by atoms with Gasteiger partial charge in [0.25, 0.3) is 25.5 Å². The Hall–Kier alpha value is -6.48. The number of nitrogens with zero attached hydrogens (tertiary/aromatic N) is 1. The predicted molar refractivity (Wildman–Crippen MR) is 241 cm³/mol. The molecule has 5 rings (SSSR count). The summed E-state index contributed by atoms with van der Waals surface area (Å²) in [6.07, 6.45) is 0.608. The van der Waals surface area contributed by atoms with Gasteiger partial charge in [-0.15, -0.1) is 0 Å². The number of likely N-dealkylation sites (N-methyl/N-ethyl adjacent to an activating group) is 1. The van der Waals surface area contributed by atoms with Gasteiger partial charge in [-0.25, -0.2) is 4.79 Å². The molecule has 0 saturated heterocycles. The van der Waals surface area contributed by atoms with Gasteiger partial charge < -0.3 is 44.4 Å². The largest absolute Gasteiger partial charge is 0.756 e. The molecule has 1 atom stereocenters. The lowest BCUT2D eigenvalue weighted by Crippen LogP contribution is -2.37. The van der Waals surface area contributed by atoms with Crippen molar-refractivity contribution in [2.24, 2.45) is 0 Å². The van der Waals surface area contributed by atoms with Crippen LogP contribution in [0.4, 0.5) is 22.7 Å². The molecule has 3 amide bonds. The monoisotopic (exact) mass is 877 g/mol. The minimum Gasteiger partial charge on any atom is -0.756 e. The minimum atomic E-state index is -4.58. The number of nitrogens with one attached hydrogen (secondary N) is 4. The summed E-state index contributed by atoms with van der Waals surface area (Å²) in [5.74, 6) is -2.15. The van der Waals surface area contributed by atoms with Crippen molar-refractivity contribution < 1.29 is 51.7 Å². The van der Waals surface area contributed by atoms with Crippen molar-refractivity contribution in [1.29, 1.82) is 0 Å². The molecule has 0 aliphatic heterocycles. The molecule has 1 unspecified atom stereocenters. The van der Waals surface area contributed by atoms with Crippen LogP contribution in [0.25, 0.3) is 0 Å². The number of ether oxygens (including phenoxy) is 1. The molecular formula is C47H52N5O10P. The zero-order valence-corrected chi connectivity index (χ0v) is 37.2. The molecule has 63 heavy (non-hydrogen) atoms. The van der Waals surface area contributed by atoms with E-state index < -0.39 is 32.2 Å². The number of hydrogen-bond acceptors (Lipinski definition) is 11. The summed E-state index contributed by atoms with van der Waals surface area (Å²) in [7, 11) is 2.72. The zero-order chi connectivity index (χ0) is 45.9. The molecule has 0 fully saturated rings. The van der Waals surface area contributed by atoms with E-state index in [2.05, 4.69) is 21.3 Å². The number of phosphoric ester groups is 1. The molecule has 0 bridgehead atoms. The first-order valence-electron chi connectivity index (χ1n) is 20.0. The van der Waals surface area contributed by atoms with E-state index >= 15 is 0 Å².